The van der Waals surface area contributed by atoms with E-state index in [4.69, 9.17) is 32.7 Å². The fraction of sp³-hybridized carbons (Fsp3) is 0.120. The van der Waals surface area contributed by atoms with Gasteiger partial charge in [0.2, 0.25) is 0 Å². The molecular formula is C25H19BrCl2N2O4. The van der Waals surface area contributed by atoms with Gasteiger partial charge in [-0.3, -0.25) is 15.0 Å². The first kappa shape index (κ1) is 24.1. The molecule has 0 saturated carbocycles. The molecule has 1 fully saturated rings. The van der Waals surface area contributed by atoms with Crippen molar-refractivity contribution in [1.29, 1.82) is 0 Å². The molecule has 0 spiro atoms. The molecule has 1 heterocycles. The van der Waals surface area contributed by atoms with Crippen molar-refractivity contribution in [3.8, 4) is 11.5 Å². The van der Waals surface area contributed by atoms with Gasteiger partial charge in [0.25, 0.3) is 11.8 Å². The number of carbonyl (C=O) groups is 2. The van der Waals surface area contributed by atoms with Crippen LogP contribution in [0.25, 0.3) is 6.08 Å². The number of ether oxygens (including phenoxy) is 2. The molecule has 0 radical (unpaired) electrons. The molecule has 1 saturated heterocycles. The van der Waals surface area contributed by atoms with Crippen LogP contribution >= 0.6 is 39.1 Å². The number of hydrazine groups is 1. The van der Waals surface area contributed by atoms with E-state index in [9.17, 15) is 9.59 Å². The summed E-state index contributed by atoms with van der Waals surface area (Å²) < 4.78 is 12.4. The first-order valence-electron chi connectivity index (χ1n) is 10.3. The molecule has 4 rings (SSSR count). The van der Waals surface area contributed by atoms with Crippen LogP contribution in [0.2, 0.25) is 10.0 Å². The van der Waals surface area contributed by atoms with E-state index in [1.165, 1.54) is 11.1 Å². The summed E-state index contributed by atoms with van der Waals surface area (Å²) in [4.78, 5) is 25.4. The molecule has 0 atom stereocenters. The number of anilines is 1. The smallest absolute Gasteiger partial charge is 0.282 e. The molecule has 1 N–H and O–H groups in total. The van der Waals surface area contributed by atoms with E-state index in [1.807, 2.05) is 19.1 Å². The molecule has 0 unspecified atom stereocenters. The van der Waals surface area contributed by atoms with E-state index >= 15 is 0 Å². The standard InChI is InChI=1S/C25H19BrCl2N2O4/c1-2-33-22-13-16(10-18-24(31)29-30(25(18)32)17-6-4-3-5-7-17)11-19(26)23(22)34-14-15-8-9-20(27)21(28)12-15/h3-13H,2,14H2,1H3,(H,29,31)/b18-10-. The number of benzene rings is 3. The Hall–Kier alpha value is -3.00. The molecular weight excluding hydrogens is 543 g/mol. The summed E-state index contributed by atoms with van der Waals surface area (Å²) in [5.74, 6) is 0.0332. The highest BCUT2D eigenvalue weighted by Gasteiger charge is 2.34. The number of nitrogens with one attached hydrogen (secondary N) is 1. The first-order chi connectivity index (χ1) is 16.4. The van der Waals surface area contributed by atoms with Crippen molar-refractivity contribution >= 4 is 62.7 Å². The van der Waals surface area contributed by atoms with Gasteiger partial charge in [-0.05, 0) is 76.5 Å². The highest BCUT2D eigenvalue weighted by atomic mass is 79.9. The number of nitrogens with zero attached hydrogens (tertiary/aromatic N) is 1. The molecule has 3 aromatic carbocycles. The molecule has 6 nitrogen and oxygen atoms in total. The van der Waals surface area contributed by atoms with Gasteiger partial charge in [-0.25, -0.2) is 5.01 Å². The van der Waals surface area contributed by atoms with E-state index in [-0.39, 0.29) is 12.2 Å². The highest BCUT2D eigenvalue weighted by molar-refractivity contribution is 9.10. The van der Waals surface area contributed by atoms with Crippen molar-refractivity contribution in [2.75, 3.05) is 11.6 Å². The second-order valence-electron chi connectivity index (χ2n) is 7.28. The first-order valence-corrected chi connectivity index (χ1v) is 11.9. The number of carbonyl (C=O) groups excluding carboxylic acids is 2. The van der Waals surface area contributed by atoms with Crippen molar-refractivity contribution in [2.45, 2.75) is 13.5 Å². The van der Waals surface area contributed by atoms with E-state index < -0.39 is 11.8 Å². The van der Waals surface area contributed by atoms with Crippen LogP contribution in [-0.4, -0.2) is 18.4 Å². The van der Waals surface area contributed by atoms with Gasteiger partial charge < -0.3 is 9.47 Å². The molecule has 0 bridgehead atoms. The lowest BCUT2D eigenvalue weighted by Crippen LogP contribution is -2.35. The minimum absolute atomic E-state index is 0.0164. The molecule has 9 heteroatoms. The lowest BCUT2D eigenvalue weighted by atomic mass is 10.1. The Bertz CT molecular complexity index is 1280. The number of amides is 2. The molecule has 1 aliphatic heterocycles. The van der Waals surface area contributed by atoms with Crippen LogP contribution in [0, 0.1) is 0 Å². The lowest BCUT2D eigenvalue weighted by molar-refractivity contribution is -0.117. The molecule has 0 aromatic heterocycles. The normalized spacial score (nSPS) is 14.5. The average molecular weight is 562 g/mol. The Balaban J connectivity index is 1.60. The van der Waals surface area contributed by atoms with Gasteiger partial charge in [-0.1, -0.05) is 47.5 Å². The van der Waals surface area contributed by atoms with Crippen molar-refractivity contribution in [3.05, 3.63) is 91.9 Å². The second-order valence-corrected chi connectivity index (χ2v) is 8.94. The molecule has 2 amide bonds. The Morgan fingerprint density at radius 2 is 1.76 bits per heavy atom. The topological polar surface area (TPSA) is 67.9 Å². The van der Waals surface area contributed by atoms with Crippen LogP contribution in [0.5, 0.6) is 11.5 Å². The van der Waals surface area contributed by atoms with Gasteiger partial charge >= 0.3 is 0 Å². The van der Waals surface area contributed by atoms with Crippen LogP contribution in [0.3, 0.4) is 0 Å². The van der Waals surface area contributed by atoms with Crippen LogP contribution < -0.4 is 19.9 Å². The third kappa shape index (κ3) is 5.22. The minimum Gasteiger partial charge on any atom is -0.490 e. The van der Waals surface area contributed by atoms with Gasteiger partial charge in [0.15, 0.2) is 11.5 Å². The quantitative estimate of drug-likeness (QED) is 0.276. The monoisotopic (exact) mass is 560 g/mol. The van der Waals surface area contributed by atoms with Crippen LogP contribution in [0.15, 0.2) is 70.7 Å². The number of rotatable bonds is 7. The predicted octanol–water partition coefficient (Wildman–Crippen LogP) is 6.20. The van der Waals surface area contributed by atoms with Crippen LogP contribution in [0.4, 0.5) is 5.69 Å². The minimum atomic E-state index is -0.483. The average Bonchev–Trinajstić information content (AvgIpc) is 3.10. The SMILES string of the molecule is CCOc1cc(/C=C2/C(=O)NN(c3ccccc3)C2=O)cc(Br)c1OCc1ccc(Cl)c(Cl)c1. The molecule has 34 heavy (non-hydrogen) atoms. The van der Waals surface area contributed by atoms with Crippen molar-refractivity contribution in [2.24, 2.45) is 0 Å². The third-order valence-electron chi connectivity index (χ3n) is 4.92. The zero-order chi connectivity index (χ0) is 24.2. The zero-order valence-corrected chi connectivity index (χ0v) is 21.1. The van der Waals surface area contributed by atoms with Gasteiger partial charge in [-0.15, -0.1) is 0 Å². The molecule has 0 aliphatic carbocycles. The van der Waals surface area contributed by atoms with E-state index in [2.05, 4.69) is 21.4 Å². The Morgan fingerprint density at radius 3 is 2.47 bits per heavy atom. The van der Waals surface area contributed by atoms with Crippen LogP contribution in [-0.2, 0) is 16.2 Å². The molecule has 174 valence electrons. The number of hydrogen-bond acceptors (Lipinski definition) is 4. The summed E-state index contributed by atoms with van der Waals surface area (Å²) in [6.07, 6.45) is 1.52. The maximum absolute atomic E-state index is 12.9. The highest BCUT2D eigenvalue weighted by Crippen LogP contribution is 2.38. The number of para-hydroxylation sites is 1. The number of halogens is 3. The van der Waals surface area contributed by atoms with Crippen LogP contribution in [0.1, 0.15) is 18.1 Å². The second kappa shape index (κ2) is 10.5. The third-order valence-corrected chi connectivity index (χ3v) is 6.24. The van der Waals surface area contributed by atoms with E-state index in [0.29, 0.717) is 43.9 Å². The van der Waals surface area contributed by atoms with Gasteiger partial charge in [-0.2, -0.15) is 0 Å². The van der Waals surface area contributed by atoms with E-state index in [1.54, 1.807) is 48.5 Å². The summed E-state index contributed by atoms with van der Waals surface area (Å²) in [6, 6.07) is 17.6. The summed E-state index contributed by atoms with van der Waals surface area (Å²) in [6.45, 7) is 2.49. The Labute approximate surface area is 215 Å². The van der Waals surface area contributed by atoms with Crippen molar-refractivity contribution in [3.63, 3.8) is 0 Å². The Morgan fingerprint density at radius 1 is 1.00 bits per heavy atom. The molecule has 1 aliphatic rings. The van der Waals surface area contributed by atoms with E-state index in [0.717, 1.165) is 5.56 Å². The molecule has 3 aromatic rings. The maximum Gasteiger partial charge on any atom is 0.282 e. The van der Waals surface area contributed by atoms with Gasteiger partial charge in [0, 0.05) is 0 Å². The summed E-state index contributed by atoms with van der Waals surface area (Å²) in [5.41, 5.74) is 4.62. The van der Waals surface area contributed by atoms with Gasteiger partial charge in [0.05, 0.1) is 26.8 Å². The predicted molar refractivity (Wildman–Crippen MR) is 136 cm³/mol. The lowest BCUT2D eigenvalue weighted by Gasteiger charge is -2.15. The fourth-order valence-electron chi connectivity index (χ4n) is 3.34. The fourth-order valence-corrected chi connectivity index (χ4v) is 4.24. The van der Waals surface area contributed by atoms with Crippen molar-refractivity contribution in [1.82, 2.24) is 5.43 Å². The number of hydrogen-bond donors (Lipinski definition) is 1. The van der Waals surface area contributed by atoms with Crippen molar-refractivity contribution < 1.29 is 19.1 Å². The summed E-state index contributed by atoms with van der Waals surface area (Å²) >= 11 is 15.6. The zero-order valence-electron chi connectivity index (χ0n) is 18.0. The largest absolute Gasteiger partial charge is 0.490 e. The van der Waals surface area contributed by atoms with Gasteiger partial charge in [0.1, 0.15) is 12.2 Å². The summed E-state index contributed by atoms with van der Waals surface area (Å²) in [7, 11) is 0. The Kier molecular flexibility index (Phi) is 7.46. The maximum atomic E-state index is 12.9. The summed E-state index contributed by atoms with van der Waals surface area (Å²) in [5, 5.41) is 2.13.